The Morgan fingerprint density at radius 1 is 0.321 bits per heavy atom. The molecule has 0 fully saturated rings. The Balaban J connectivity index is 1.24. The van der Waals surface area contributed by atoms with E-state index in [0.29, 0.717) is 0 Å². The van der Waals surface area contributed by atoms with E-state index >= 15 is 0 Å². The SMILES string of the molecule is c1cncc(-c2c3ccccc3c(-c3cccc4c3oc3cccc(-c5c6ccccc6c(-c6cccnc6)c6ccccc56)c34)c3ccccc23)c1. The number of rotatable bonds is 4. The van der Waals surface area contributed by atoms with Crippen molar-refractivity contribution in [2.24, 2.45) is 0 Å². The van der Waals surface area contributed by atoms with Gasteiger partial charge in [-0.2, -0.15) is 0 Å². The van der Waals surface area contributed by atoms with Crippen LogP contribution in [0.2, 0.25) is 0 Å². The number of benzene rings is 8. The van der Waals surface area contributed by atoms with E-state index in [0.717, 1.165) is 44.2 Å². The van der Waals surface area contributed by atoms with E-state index in [2.05, 4.69) is 156 Å². The van der Waals surface area contributed by atoms with Gasteiger partial charge in [0.2, 0.25) is 0 Å². The molecule has 0 N–H and O–H groups in total. The lowest BCUT2D eigenvalue weighted by atomic mass is 9.84. The molecule has 0 aliphatic carbocycles. The van der Waals surface area contributed by atoms with Crippen molar-refractivity contribution >= 4 is 65.0 Å². The van der Waals surface area contributed by atoms with Crippen LogP contribution in [0, 0.1) is 0 Å². The Bertz CT molecular complexity index is 3100. The topological polar surface area (TPSA) is 38.9 Å². The molecule has 0 unspecified atom stereocenters. The third-order valence-electron chi connectivity index (χ3n) is 10.8. The second kappa shape index (κ2) is 11.7. The molecule has 0 aliphatic heterocycles. The standard InChI is InChI=1S/C50H30N2O/c1-5-19-37-33(15-1)45(31-13-11-27-51-29-31)34-16-2-6-20-38(34)47(37)41-23-10-26-44-49(41)43-25-9-24-42(50(43)53-44)48-39-21-7-3-17-35(39)46(32-14-12-28-52-30-32)36-18-4-8-22-40(36)48/h1-30H. The number of fused-ring (bicyclic) bond motifs is 7. The summed E-state index contributed by atoms with van der Waals surface area (Å²) in [5.74, 6) is 0. The molecule has 3 nitrogen and oxygen atoms in total. The summed E-state index contributed by atoms with van der Waals surface area (Å²) in [6.45, 7) is 0. The maximum Gasteiger partial charge on any atom is 0.143 e. The van der Waals surface area contributed by atoms with Gasteiger partial charge in [-0.3, -0.25) is 9.97 Å². The monoisotopic (exact) mass is 674 g/mol. The molecule has 8 aromatic carbocycles. The number of aromatic nitrogens is 2. The van der Waals surface area contributed by atoms with E-state index in [1.807, 2.05) is 36.9 Å². The van der Waals surface area contributed by atoms with E-state index in [4.69, 9.17) is 4.42 Å². The summed E-state index contributed by atoms with van der Waals surface area (Å²) in [6.07, 6.45) is 7.60. The van der Waals surface area contributed by atoms with Crippen LogP contribution >= 0.6 is 0 Å². The molecule has 0 amide bonds. The molecule has 11 rings (SSSR count). The van der Waals surface area contributed by atoms with Crippen LogP contribution in [0.5, 0.6) is 0 Å². The van der Waals surface area contributed by atoms with Crippen molar-refractivity contribution in [1.29, 1.82) is 0 Å². The smallest absolute Gasteiger partial charge is 0.143 e. The Labute approximate surface area is 305 Å². The zero-order chi connectivity index (χ0) is 34.9. The number of nitrogens with zero attached hydrogens (tertiary/aromatic N) is 2. The van der Waals surface area contributed by atoms with Gasteiger partial charge < -0.3 is 4.42 Å². The number of pyridine rings is 2. The van der Waals surface area contributed by atoms with Crippen molar-refractivity contribution in [3.8, 4) is 44.5 Å². The van der Waals surface area contributed by atoms with Crippen LogP contribution in [0.4, 0.5) is 0 Å². The van der Waals surface area contributed by atoms with Crippen molar-refractivity contribution in [1.82, 2.24) is 9.97 Å². The predicted molar refractivity (Wildman–Crippen MR) is 221 cm³/mol. The predicted octanol–water partition coefficient (Wildman–Crippen LogP) is 13.7. The van der Waals surface area contributed by atoms with Gasteiger partial charge in [0.25, 0.3) is 0 Å². The quantitative estimate of drug-likeness (QED) is 0.174. The second-order valence-corrected chi connectivity index (χ2v) is 13.6. The van der Waals surface area contributed by atoms with Gasteiger partial charge in [-0.1, -0.05) is 140 Å². The summed E-state index contributed by atoms with van der Waals surface area (Å²) in [4.78, 5) is 8.99. The molecule has 3 aromatic heterocycles. The molecule has 0 saturated heterocycles. The lowest BCUT2D eigenvalue weighted by molar-refractivity contribution is 0.670. The van der Waals surface area contributed by atoms with Gasteiger partial charge in [0.05, 0.1) is 0 Å². The molecule has 3 heteroatoms. The number of para-hydroxylation sites is 1. The van der Waals surface area contributed by atoms with Crippen molar-refractivity contribution in [3.05, 3.63) is 183 Å². The fourth-order valence-corrected chi connectivity index (χ4v) is 8.73. The van der Waals surface area contributed by atoms with Crippen molar-refractivity contribution in [2.75, 3.05) is 0 Å². The molecule has 246 valence electrons. The van der Waals surface area contributed by atoms with Crippen molar-refractivity contribution in [3.63, 3.8) is 0 Å². The Morgan fingerprint density at radius 2 is 0.717 bits per heavy atom. The lowest BCUT2D eigenvalue weighted by Gasteiger charge is -2.18. The first-order valence-corrected chi connectivity index (χ1v) is 18.0. The molecule has 0 radical (unpaired) electrons. The first-order chi connectivity index (χ1) is 26.3. The minimum absolute atomic E-state index is 0.870. The Morgan fingerprint density at radius 3 is 1.17 bits per heavy atom. The minimum atomic E-state index is 0.870. The fourth-order valence-electron chi connectivity index (χ4n) is 8.73. The zero-order valence-electron chi connectivity index (χ0n) is 28.6. The lowest BCUT2D eigenvalue weighted by Crippen LogP contribution is -1.92. The van der Waals surface area contributed by atoms with Crippen molar-refractivity contribution < 1.29 is 4.42 Å². The van der Waals surface area contributed by atoms with Crippen LogP contribution in [-0.4, -0.2) is 9.97 Å². The highest BCUT2D eigenvalue weighted by molar-refractivity contribution is 6.28. The summed E-state index contributed by atoms with van der Waals surface area (Å²) < 4.78 is 7.01. The van der Waals surface area contributed by atoms with Gasteiger partial charge in [0.1, 0.15) is 11.2 Å². The fraction of sp³-hybridized carbons (Fsp3) is 0. The molecule has 0 atom stereocenters. The minimum Gasteiger partial charge on any atom is -0.455 e. The average Bonchev–Trinajstić information content (AvgIpc) is 3.62. The normalized spacial score (nSPS) is 11.8. The summed E-state index contributed by atoms with van der Waals surface area (Å²) in [5, 5.41) is 11.8. The summed E-state index contributed by atoms with van der Waals surface area (Å²) in [5.41, 5.74) is 11.0. The summed E-state index contributed by atoms with van der Waals surface area (Å²) in [7, 11) is 0. The van der Waals surface area contributed by atoms with Crippen molar-refractivity contribution in [2.45, 2.75) is 0 Å². The summed E-state index contributed by atoms with van der Waals surface area (Å²) in [6, 6.07) is 56.5. The highest BCUT2D eigenvalue weighted by Crippen LogP contribution is 2.50. The molecule has 0 spiro atoms. The third kappa shape index (κ3) is 4.41. The average molecular weight is 675 g/mol. The van der Waals surface area contributed by atoms with Crippen LogP contribution < -0.4 is 0 Å². The molecule has 3 heterocycles. The van der Waals surface area contributed by atoms with Gasteiger partial charge in [-0.05, 0) is 83.5 Å². The molecule has 0 bridgehead atoms. The van der Waals surface area contributed by atoms with Gasteiger partial charge in [0.15, 0.2) is 0 Å². The van der Waals surface area contributed by atoms with Crippen LogP contribution in [0.25, 0.3) is 110 Å². The molecular formula is C50H30N2O. The summed E-state index contributed by atoms with van der Waals surface area (Å²) >= 11 is 0. The number of hydrogen-bond acceptors (Lipinski definition) is 3. The van der Waals surface area contributed by atoms with Gasteiger partial charge in [-0.15, -0.1) is 0 Å². The molecule has 0 saturated carbocycles. The van der Waals surface area contributed by atoms with Crippen LogP contribution in [0.3, 0.4) is 0 Å². The van der Waals surface area contributed by atoms with Crippen LogP contribution in [-0.2, 0) is 0 Å². The van der Waals surface area contributed by atoms with Gasteiger partial charge in [-0.25, -0.2) is 0 Å². The molecule has 11 aromatic rings. The Hall–Kier alpha value is -7.10. The zero-order valence-corrected chi connectivity index (χ0v) is 28.6. The number of furan rings is 1. The molecular weight excluding hydrogens is 645 g/mol. The molecule has 53 heavy (non-hydrogen) atoms. The van der Waals surface area contributed by atoms with E-state index in [1.165, 1.54) is 65.3 Å². The van der Waals surface area contributed by atoms with E-state index < -0.39 is 0 Å². The highest BCUT2D eigenvalue weighted by Gasteiger charge is 2.23. The highest BCUT2D eigenvalue weighted by atomic mass is 16.3. The Kier molecular flexibility index (Phi) is 6.55. The van der Waals surface area contributed by atoms with E-state index in [1.54, 1.807) is 0 Å². The van der Waals surface area contributed by atoms with E-state index in [-0.39, 0.29) is 0 Å². The van der Waals surface area contributed by atoms with Gasteiger partial charge in [0, 0.05) is 57.8 Å². The van der Waals surface area contributed by atoms with Crippen LogP contribution in [0.1, 0.15) is 0 Å². The third-order valence-corrected chi connectivity index (χ3v) is 10.8. The van der Waals surface area contributed by atoms with E-state index in [9.17, 15) is 0 Å². The number of hydrogen-bond donors (Lipinski definition) is 0. The first kappa shape index (κ1) is 29.6. The maximum atomic E-state index is 7.01. The van der Waals surface area contributed by atoms with Crippen LogP contribution in [0.15, 0.2) is 187 Å². The largest absolute Gasteiger partial charge is 0.455 e. The second-order valence-electron chi connectivity index (χ2n) is 13.6. The molecule has 0 aliphatic rings. The van der Waals surface area contributed by atoms with Gasteiger partial charge >= 0.3 is 0 Å². The maximum absolute atomic E-state index is 7.01. The first-order valence-electron chi connectivity index (χ1n) is 18.0.